The zero-order chi connectivity index (χ0) is 27.7. The fourth-order valence-electron chi connectivity index (χ4n) is 3.40. The number of fused-ring (bicyclic) bond motifs is 1. The number of thiol groups is 1. The first-order chi connectivity index (χ1) is 17.4. The Morgan fingerprint density at radius 2 is 1.41 bits per heavy atom. The number of benzene rings is 1. The molecule has 200 valence electrons. The number of aromatic amines is 1. The molecule has 2 aromatic rings. The van der Waals surface area contributed by atoms with Crippen molar-refractivity contribution < 1.29 is 44.1 Å². The molecule has 1 aromatic heterocycles. The average Bonchev–Trinajstić information content (AvgIpc) is 3.23. The van der Waals surface area contributed by atoms with Gasteiger partial charge in [0.2, 0.25) is 17.7 Å². The largest absolute Gasteiger partial charge is 0.481 e. The molecule has 14 nitrogen and oxygen atoms in total. The van der Waals surface area contributed by atoms with E-state index < -0.39 is 72.6 Å². The van der Waals surface area contributed by atoms with Crippen molar-refractivity contribution in [2.45, 2.75) is 43.4 Å². The Kier molecular flexibility index (Phi) is 10.4. The molecule has 37 heavy (non-hydrogen) atoms. The minimum atomic E-state index is -1.69. The normalized spacial score (nSPS) is 14.1. The number of nitrogens with one attached hydrogen (secondary N) is 4. The second-order valence-corrected chi connectivity index (χ2v) is 8.44. The third-order valence-electron chi connectivity index (χ3n) is 5.27. The summed E-state index contributed by atoms with van der Waals surface area (Å²) in [6, 6.07) is 1.06. The Morgan fingerprint density at radius 1 is 0.838 bits per heavy atom. The van der Waals surface area contributed by atoms with Crippen LogP contribution in [0.3, 0.4) is 0 Å². The molecule has 1 heterocycles. The monoisotopic (exact) mass is 537 g/mol. The van der Waals surface area contributed by atoms with Crippen molar-refractivity contribution in [3.63, 3.8) is 0 Å². The van der Waals surface area contributed by atoms with Gasteiger partial charge in [0, 0.05) is 29.3 Å². The Bertz CT molecular complexity index is 1180. The van der Waals surface area contributed by atoms with Gasteiger partial charge in [-0.2, -0.15) is 12.6 Å². The van der Waals surface area contributed by atoms with E-state index in [0.717, 1.165) is 10.9 Å². The number of carboxylic acids is 3. The molecule has 0 aliphatic heterocycles. The van der Waals surface area contributed by atoms with Crippen LogP contribution in [0.25, 0.3) is 10.9 Å². The first-order valence-corrected chi connectivity index (χ1v) is 11.5. The molecule has 9 N–H and O–H groups in total. The lowest BCUT2D eigenvalue weighted by molar-refractivity contribution is -0.143. The van der Waals surface area contributed by atoms with E-state index in [1.807, 2.05) is 0 Å². The molecule has 0 saturated carbocycles. The van der Waals surface area contributed by atoms with Crippen LogP contribution in [0.15, 0.2) is 30.5 Å². The molecule has 0 aliphatic carbocycles. The molecule has 3 amide bonds. The van der Waals surface area contributed by atoms with E-state index in [9.17, 15) is 33.9 Å². The Balaban J connectivity index is 2.31. The van der Waals surface area contributed by atoms with Gasteiger partial charge < -0.3 is 42.0 Å². The van der Waals surface area contributed by atoms with Crippen LogP contribution in [0.2, 0.25) is 0 Å². The number of carbonyl (C=O) groups excluding carboxylic acids is 3. The quantitative estimate of drug-likeness (QED) is 0.126. The summed E-state index contributed by atoms with van der Waals surface area (Å²) in [5.74, 6) is -7.52. The molecule has 0 aliphatic rings. The topological polar surface area (TPSA) is 241 Å². The fraction of sp³-hybridized carbons (Fsp3) is 0.364. The first kappa shape index (κ1) is 29.1. The summed E-state index contributed by atoms with van der Waals surface area (Å²) in [5.41, 5.74) is 6.93. The number of rotatable bonds is 14. The van der Waals surface area contributed by atoms with Gasteiger partial charge in [0.05, 0.1) is 18.9 Å². The predicted molar refractivity (Wildman–Crippen MR) is 132 cm³/mol. The first-order valence-electron chi connectivity index (χ1n) is 10.9. The highest BCUT2D eigenvalue weighted by Crippen LogP contribution is 2.19. The molecule has 4 unspecified atom stereocenters. The standard InChI is InChI=1S/C22H27N5O9S/c23-12(6-17(28)29)19(32)25-14(5-10-8-24-13-4-2-1-3-11(10)13)20(33)26-15(7-18(30)31)21(34)27-16(9-37)22(35)36/h1-4,8,12,14-16,24,37H,5-7,9,23H2,(H,25,32)(H,26,33)(H,27,34)(H,28,29)(H,30,31)(H,35,36). The zero-order valence-electron chi connectivity index (χ0n) is 19.3. The Hall–Kier alpha value is -4.11. The molecule has 15 heteroatoms. The van der Waals surface area contributed by atoms with E-state index in [-0.39, 0.29) is 12.2 Å². The van der Waals surface area contributed by atoms with E-state index in [1.54, 1.807) is 30.5 Å². The molecule has 0 saturated heterocycles. The van der Waals surface area contributed by atoms with E-state index >= 15 is 0 Å². The summed E-state index contributed by atoms with van der Waals surface area (Å²) >= 11 is 3.83. The third kappa shape index (κ3) is 8.50. The number of aliphatic carboxylic acids is 3. The lowest BCUT2D eigenvalue weighted by atomic mass is 10.0. The number of aromatic nitrogens is 1. The van der Waals surface area contributed by atoms with Gasteiger partial charge in [-0.25, -0.2) is 4.79 Å². The van der Waals surface area contributed by atoms with E-state index in [1.165, 1.54) is 0 Å². The number of carboxylic acid groups (broad SMARTS) is 3. The Morgan fingerprint density at radius 3 is 2.00 bits per heavy atom. The maximum Gasteiger partial charge on any atom is 0.327 e. The Labute approximate surface area is 215 Å². The van der Waals surface area contributed by atoms with Crippen LogP contribution in [0.1, 0.15) is 18.4 Å². The number of hydrogen-bond acceptors (Lipinski definition) is 8. The second-order valence-electron chi connectivity index (χ2n) is 8.07. The maximum atomic E-state index is 13.2. The van der Waals surface area contributed by atoms with Crippen molar-refractivity contribution in [3.05, 3.63) is 36.0 Å². The molecule has 0 bridgehead atoms. The summed E-state index contributed by atoms with van der Waals surface area (Å²) in [5, 5.41) is 34.6. The molecule has 0 radical (unpaired) electrons. The maximum absolute atomic E-state index is 13.2. The summed E-state index contributed by atoms with van der Waals surface area (Å²) in [6.45, 7) is 0. The molecule has 4 atom stereocenters. The van der Waals surface area contributed by atoms with Gasteiger partial charge in [-0.15, -0.1) is 0 Å². The minimum absolute atomic E-state index is 0.128. The molecule has 1 aromatic carbocycles. The zero-order valence-corrected chi connectivity index (χ0v) is 20.2. The van der Waals surface area contributed by atoms with Crippen molar-refractivity contribution in [2.24, 2.45) is 5.73 Å². The van der Waals surface area contributed by atoms with Crippen molar-refractivity contribution in [2.75, 3.05) is 5.75 Å². The summed E-state index contributed by atoms with van der Waals surface area (Å²) in [4.78, 5) is 74.7. The van der Waals surface area contributed by atoms with Crippen LogP contribution in [0, 0.1) is 0 Å². The van der Waals surface area contributed by atoms with Crippen LogP contribution < -0.4 is 21.7 Å². The van der Waals surface area contributed by atoms with Crippen molar-refractivity contribution >= 4 is 59.2 Å². The van der Waals surface area contributed by atoms with Crippen molar-refractivity contribution in [1.29, 1.82) is 0 Å². The van der Waals surface area contributed by atoms with Crippen LogP contribution in [0.5, 0.6) is 0 Å². The van der Waals surface area contributed by atoms with Gasteiger partial charge in [-0.3, -0.25) is 24.0 Å². The number of H-pyrrole nitrogens is 1. The number of hydrogen-bond donors (Lipinski definition) is 9. The predicted octanol–water partition coefficient (Wildman–Crippen LogP) is -1.54. The van der Waals surface area contributed by atoms with E-state index in [0.29, 0.717) is 5.56 Å². The van der Waals surface area contributed by atoms with Crippen LogP contribution in [0.4, 0.5) is 0 Å². The SMILES string of the molecule is NC(CC(=O)O)C(=O)NC(Cc1c[nH]c2ccccc12)C(=O)NC(CC(=O)O)C(=O)NC(CS)C(=O)O. The van der Waals surface area contributed by atoms with Gasteiger partial charge in [0.15, 0.2) is 0 Å². The summed E-state index contributed by atoms with van der Waals surface area (Å²) in [7, 11) is 0. The van der Waals surface area contributed by atoms with E-state index in [2.05, 4.69) is 33.6 Å². The van der Waals surface area contributed by atoms with Gasteiger partial charge in [0.25, 0.3) is 0 Å². The van der Waals surface area contributed by atoms with Gasteiger partial charge in [-0.1, -0.05) is 18.2 Å². The lowest BCUT2D eigenvalue weighted by Crippen LogP contribution is -2.58. The molecule has 2 rings (SSSR count). The van der Waals surface area contributed by atoms with Crippen LogP contribution in [-0.2, 0) is 35.2 Å². The molecular formula is C22H27N5O9S. The smallest absolute Gasteiger partial charge is 0.327 e. The summed E-state index contributed by atoms with van der Waals surface area (Å²) in [6.07, 6.45) is -0.128. The summed E-state index contributed by atoms with van der Waals surface area (Å²) < 4.78 is 0. The molecular weight excluding hydrogens is 510 g/mol. The highest BCUT2D eigenvalue weighted by molar-refractivity contribution is 7.80. The van der Waals surface area contributed by atoms with Gasteiger partial charge in [0.1, 0.15) is 18.1 Å². The number of para-hydroxylation sites is 1. The van der Waals surface area contributed by atoms with Gasteiger partial charge in [-0.05, 0) is 11.6 Å². The molecule has 0 spiro atoms. The lowest BCUT2D eigenvalue weighted by Gasteiger charge is -2.24. The number of carbonyl (C=O) groups is 6. The second kappa shape index (κ2) is 13.3. The van der Waals surface area contributed by atoms with Gasteiger partial charge >= 0.3 is 17.9 Å². The number of nitrogens with two attached hydrogens (primary N) is 1. The highest BCUT2D eigenvalue weighted by atomic mass is 32.1. The molecule has 0 fully saturated rings. The van der Waals surface area contributed by atoms with Crippen LogP contribution in [-0.4, -0.2) is 85.9 Å². The highest BCUT2D eigenvalue weighted by Gasteiger charge is 2.32. The number of amides is 3. The van der Waals surface area contributed by atoms with E-state index in [4.69, 9.17) is 15.9 Å². The average molecular weight is 538 g/mol. The van der Waals surface area contributed by atoms with Crippen molar-refractivity contribution in [3.8, 4) is 0 Å². The minimum Gasteiger partial charge on any atom is -0.481 e. The van der Waals surface area contributed by atoms with Crippen LogP contribution >= 0.6 is 12.6 Å². The van der Waals surface area contributed by atoms with Crippen molar-refractivity contribution in [1.82, 2.24) is 20.9 Å². The third-order valence-corrected chi connectivity index (χ3v) is 5.64. The fourth-order valence-corrected chi connectivity index (χ4v) is 3.65.